The number of rotatable bonds is 3. The summed E-state index contributed by atoms with van der Waals surface area (Å²) in [5.41, 5.74) is 10.2. The van der Waals surface area contributed by atoms with Crippen LogP contribution < -0.4 is 11.5 Å². The maximum Gasteiger partial charge on any atom is 0.226 e. The van der Waals surface area contributed by atoms with Crippen molar-refractivity contribution in [2.75, 3.05) is 0 Å². The monoisotopic (exact) mass is 228 g/mol. The number of aromatic nitrogens is 2. The second-order valence-corrected chi connectivity index (χ2v) is 3.54. The van der Waals surface area contributed by atoms with Crippen molar-refractivity contribution in [2.45, 2.75) is 19.1 Å². The fraction of sp³-hybridized carbons (Fsp3) is 0.429. The van der Waals surface area contributed by atoms with Crippen LogP contribution in [0.1, 0.15) is 18.7 Å². The average molecular weight is 228 g/mol. The first kappa shape index (κ1) is 11.5. The van der Waals surface area contributed by atoms with Crippen LogP contribution in [0.15, 0.2) is 9.41 Å². The van der Waals surface area contributed by atoms with Crippen LogP contribution in [-0.2, 0) is 12.2 Å². The highest BCUT2D eigenvalue weighted by Gasteiger charge is 2.05. The Kier molecular flexibility index (Phi) is 4.10. The number of nitrogens with one attached hydrogen (secondary N) is 1. The topological polar surface area (TPSA) is 127 Å². The van der Waals surface area contributed by atoms with Crippen LogP contribution in [0.2, 0.25) is 0 Å². The van der Waals surface area contributed by atoms with E-state index in [0.717, 1.165) is 11.8 Å². The van der Waals surface area contributed by atoms with Crippen LogP contribution in [0, 0.1) is 5.41 Å². The fourth-order valence-electron chi connectivity index (χ4n) is 0.769. The van der Waals surface area contributed by atoms with Crippen LogP contribution >= 0.6 is 11.8 Å². The van der Waals surface area contributed by atoms with E-state index in [1.807, 2.05) is 6.92 Å². The third-order valence-electron chi connectivity index (χ3n) is 1.37. The zero-order valence-corrected chi connectivity index (χ0v) is 9.04. The van der Waals surface area contributed by atoms with Gasteiger partial charge >= 0.3 is 0 Å². The summed E-state index contributed by atoms with van der Waals surface area (Å²) in [5, 5.41) is 14.9. The number of guanidine groups is 1. The summed E-state index contributed by atoms with van der Waals surface area (Å²) < 4.78 is 5.24. The zero-order valence-electron chi connectivity index (χ0n) is 8.23. The number of nitrogens with zero attached hydrogens (tertiary/aromatic N) is 3. The van der Waals surface area contributed by atoms with Crippen LogP contribution in [0.4, 0.5) is 0 Å². The van der Waals surface area contributed by atoms with Crippen LogP contribution in [0.3, 0.4) is 0 Å². The second-order valence-electron chi connectivity index (χ2n) is 2.57. The maximum atomic E-state index is 7.35. The normalized spacial score (nSPS) is 9.93. The van der Waals surface area contributed by atoms with Gasteiger partial charge in [-0.25, -0.2) is 0 Å². The Hall–Kier alpha value is -1.57. The molecule has 0 aliphatic rings. The van der Waals surface area contributed by atoms with E-state index in [-0.39, 0.29) is 11.1 Å². The lowest BCUT2D eigenvalue weighted by atomic mass is 10.5. The van der Waals surface area contributed by atoms with Gasteiger partial charge in [-0.05, 0) is 0 Å². The van der Waals surface area contributed by atoms with Crippen LogP contribution in [0.5, 0.6) is 0 Å². The molecule has 82 valence electrons. The van der Waals surface area contributed by atoms with E-state index in [4.69, 9.17) is 21.3 Å². The van der Waals surface area contributed by atoms with Crippen molar-refractivity contribution in [1.82, 2.24) is 10.2 Å². The van der Waals surface area contributed by atoms with E-state index in [9.17, 15) is 0 Å². The number of thioether (sulfide) groups is 1. The zero-order chi connectivity index (χ0) is 11.3. The summed E-state index contributed by atoms with van der Waals surface area (Å²) in [6.45, 7) is 1.92. The molecular formula is C7H12N6OS. The van der Waals surface area contributed by atoms with Gasteiger partial charge in [0.1, 0.15) is 0 Å². The minimum absolute atomic E-state index is 0.0197. The fourth-order valence-corrected chi connectivity index (χ4v) is 1.32. The summed E-state index contributed by atoms with van der Waals surface area (Å²) in [4.78, 5) is 3.55. The quantitative estimate of drug-likeness (QED) is 0.496. The average Bonchev–Trinajstić information content (AvgIpc) is 2.61. The third-order valence-corrected chi connectivity index (χ3v) is 2.13. The molecule has 0 aliphatic heterocycles. The highest BCUT2D eigenvalue weighted by atomic mass is 32.2. The van der Waals surface area contributed by atoms with Crippen molar-refractivity contribution in [1.29, 1.82) is 5.41 Å². The van der Waals surface area contributed by atoms with Gasteiger partial charge in [-0.3, -0.25) is 5.41 Å². The summed E-state index contributed by atoms with van der Waals surface area (Å²) in [5.74, 6) is 1.31. The predicted octanol–water partition coefficient (Wildman–Crippen LogP) is 0.0734. The molecule has 0 saturated carbocycles. The van der Waals surface area contributed by atoms with E-state index in [2.05, 4.69) is 15.2 Å². The number of aryl methyl sites for hydroxylation is 1. The molecule has 7 nitrogen and oxygen atoms in total. The molecule has 0 unspecified atom stereocenters. The standard InChI is InChI=1S/C7H12N6OS/c1-2-4-12-13-5(14-4)3-15-7(10)11-6(8)9/h2-3H2,1H3,(H5,8,9,10,11). The largest absolute Gasteiger partial charge is 0.424 e. The van der Waals surface area contributed by atoms with Gasteiger partial charge < -0.3 is 15.9 Å². The molecule has 1 heterocycles. The molecule has 0 spiro atoms. The highest BCUT2D eigenvalue weighted by Crippen LogP contribution is 2.12. The maximum absolute atomic E-state index is 7.35. The lowest BCUT2D eigenvalue weighted by molar-refractivity contribution is 0.470. The van der Waals surface area contributed by atoms with Gasteiger partial charge in [0, 0.05) is 6.42 Å². The first-order valence-corrected chi connectivity index (χ1v) is 5.22. The molecule has 0 radical (unpaired) electrons. The molecule has 15 heavy (non-hydrogen) atoms. The Bertz CT molecular complexity index is 369. The van der Waals surface area contributed by atoms with Gasteiger partial charge in [-0.2, -0.15) is 4.99 Å². The summed E-state index contributed by atoms with van der Waals surface area (Å²) in [7, 11) is 0. The molecule has 0 aromatic carbocycles. The summed E-state index contributed by atoms with van der Waals surface area (Å²) in [6, 6.07) is 0. The molecule has 1 rings (SSSR count). The van der Waals surface area contributed by atoms with E-state index in [1.165, 1.54) is 0 Å². The summed E-state index contributed by atoms with van der Waals surface area (Å²) in [6.07, 6.45) is 0.697. The van der Waals surface area contributed by atoms with Crippen LogP contribution in [0.25, 0.3) is 0 Å². The summed E-state index contributed by atoms with van der Waals surface area (Å²) >= 11 is 1.12. The first-order valence-electron chi connectivity index (χ1n) is 4.24. The lowest BCUT2D eigenvalue weighted by Crippen LogP contribution is -2.23. The van der Waals surface area contributed by atoms with E-state index in [0.29, 0.717) is 24.0 Å². The third kappa shape index (κ3) is 3.98. The molecule has 1 aromatic heterocycles. The molecule has 1 aromatic rings. The molecule has 0 aliphatic carbocycles. The van der Waals surface area contributed by atoms with Gasteiger partial charge in [-0.15, -0.1) is 10.2 Å². The Balaban J connectivity index is 2.43. The van der Waals surface area contributed by atoms with Gasteiger partial charge in [-0.1, -0.05) is 18.7 Å². The van der Waals surface area contributed by atoms with Crippen molar-refractivity contribution in [3.63, 3.8) is 0 Å². The predicted molar refractivity (Wildman–Crippen MR) is 58.5 cm³/mol. The first-order chi connectivity index (χ1) is 7.11. The lowest BCUT2D eigenvalue weighted by Gasteiger charge is -1.94. The molecule has 0 amide bonds. The smallest absolute Gasteiger partial charge is 0.226 e. The van der Waals surface area contributed by atoms with Crippen molar-refractivity contribution < 1.29 is 4.42 Å². The minimum atomic E-state index is -0.132. The van der Waals surface area contributed by atoms with Gasteiger partial charge in [0.15, 0.2) is 11.1 Å². The Labute approximate surface area is 90.8 Å². The highest BCUT2D eigenvalue weighted by molar-refractivity contribution is 8.13. The number of amidine groups is 1. The minimum Gasteiger partial charge on any atom is -0.424 e. The van der Waals surface area contributed by atoms with E-state index >= 15 is 0 Å². The molecule has 8 heteroatoms. The number of nitrogens with two attached hydrogens (primary N) is 2. The van der Waals surface area contributed by atoms with Gasteiger partial charge in [0.2, 0.25) is 11.8 Å². The SMILES string of the molecule is CCc1nnc(CSC(=N)N=C(N)N)o1. The molecule has 5 N–H and O–H groups in total. The van der Waals surface area contributed by atoms with Crippen LogP contribution in [-0.4, -0.2) is 21.3 Å². The number of aliphatic imine (C=N–C) groups is 1. The van der Waals surface area contributed by atoms with Crippen molar-refractivity contribution in [3.05, 3.63) is 11.8 Å². The Morgan fingerprint density at radius 3 is 2.67 bits per heavy atom. The molecule has 0 bridgehead atoms. The van der Waals surface area contributed by atoms with E-state index in [1.54, 1.807) is 0 Å². The second kappa shape index (κ2) is 5.35. The number of hydrogen-bond acceptors (Lipinski definition) is 5. The number of hydrogen-bond donors (Lipinski definition) is 3. The molecule has 0 atom stereocenters. The Morgan fingerprint density at radius 2 is 2.13 bits per heavy atom. The van der Waals surface area contributed by atoms with Gasteiger partial charge in [0.05, 0.1) is 5.75 Å². The molecule has 0 fully saturated rings. The van der Waals surface area contributed by atoms with E-state index < -0.39 is 0 Å². The van der Waals surface area contributed by atoms with Gasteiger partial charge in [0.25, 0.3) is 0 Å². The van der Waals surface area contributed by atoms with Crippen molar-refractivity contribution >= 4 is 22.9 Å². The molecule has 0 saturated heterocycles. The molecular weight excluding hydrogens is 216 g/mol. The van der Waals surface area contributed by atoms with Crippen molar-refractivity contribution in [3.8, 4) is 0 Å². The van der Waals surface area contributed by atoms with Crippen molar-refractivity contribution in [2.24, 2.45) is 16.5 Å². The Morgan fingerprint density at radius 1 is 1.47 bits per heavy atom.